The van der Waals surface area contributed by atoms with E-state index in [9.17, 15) is 0 Å². The van der Waals surface area contributed by atoms with Gasteiger partial charge >= 0.3 is 0 Å². The van der Waals surface area contributed by atoms with Crippen molar-refractivity contribution in [2.45, 2.75) is 0 Å². The van der Waals surface area contributed by atoms with E-state index in [1.165, 1.54) is 27.5 Å². The molecular weight excluding hydrogens is 631 g/mol. The standard InChI is InChI=1S/C50H33NO/c1-3-16-34(17-4-1)37-22-13-23-38(32-37)41-28-15-31-48-49(41)44-33-47(42-26-9-10-27-43(42)50(44)52-48)51(46-30-14-21-36-20-7-8-24-40(36)46)45-29-12-11-25-39(45)35-18-5-2-6-19-35/h1-33H. The molecule has 1 heterocycles. The lowest BCUT2D eigenvalue weighted by atomic mass is 9.94. The van der Waals surface area contributed by atoms with E-state index in [0.29, 0.717) is 0 Å². The monoisotopic (exact) mass is 663 g/mol. The normalized spacial score (nSPS) is 11.5. The third kappa shape index (κ3) is 4.96. The van der Waals surface area contributed by atoms with Gasteiger partial charge in [-0.05, 0) is 63.5 Å². The molecule has 0 unspecified atom stereocenters. The highest BCUT2D eigenvalue weighted by Gasteiger charge is 2.24. The van der Waals surface area contributed by atoms with Crippen LogP contribution < -0.4 is 4.90 Å². The third-order valence-electron chi connectivity index (χ3n) is 10.2. The molecule has 0 bridgehead atoms. The number of para-hydroxylation sites is 1. The first-order chi connectivity index (χ1) is 25.8. The Hall–Kier alpha value is -6.90. The fraction of sp³-hybridized carbons (Fsp3) is 0. The summed E-state index contributed by atoms with van der Waals surface area (Å²) in [4.78, 5) is 2.46. The molecular formula is C50H33NO. The number of fused-ring (bicyclic) bond motifs is 6. The summed E-state index contributed by atoms with van der Waals surface area (Å²) in [6, 6.07) is 71.6. The van der Waals surface area contributed by atoms with Gasteiger partial charge in [0, 0.05) is 32.5 Å². The Balaban J connectivity index is 1.30. The third-order valence-corrected chi connectivity index (χ3v) is 10.2. The summed E-state index contributed by atoms with van der Waals surface area (Å²) >= 11 is 0. The predicted molar refractivity (Wildman–Crippen MR) is 220 cm³/mol. The lowest BCUT2D eigenvalue weighted by Gasteiger charge is -2.30. The van der Waals surface area contributed by atoms with Gasteiger partial charge < -0.3 is 9.32 Å². The van der Waals surface area contributed by atoms with Crippen molar-refractivity contribution in [3.63, 3.8) is 0 Å². The van der Waals surface area contributed by atoms with E-state index in [4.69, 9.17) is 4.42 Å². The molecule has 0 aliphatic rings. The van der Waals surface area contributed by atoms with E-state index in [0.717, 1.165) is 66.5 Å². The van der Waals surface area contributed by atoms with Crippen molar-refractivity contribution in [3.8, 4) is 33.4 Å². The molecule has 1 aromatic heterocycles. The van der Waals surface area contributed by atoms with E-state index < -0.39 is 0 Å². The van der Waals surface area contributed by atoms with Gasteiger partial charge in [0.05, 0.1) is 17.1 Å². The van der Waals surface area contributed by atoms with E-state index in [1.54, 1.807) is 0 Å². The van der Waals surface area contributed by atoms with Crippen molar-refractivity contribution in [1.29, 1.82) is 0 Å². The minimum absolute atomic E-state index is 0.876. The topological polar surface area (TPSA) is 16.4 Å². The van der Waals surface area contributed by atoms with Crippen LogP contribution in [0.5, 0.6) is 0 Å². The van der Waals surface area contributed by atoms with Crippen LogP contribution in [0.2, 0.25) is 0 Å². The summed E-state index contributed by atoms with van der Waals surface area (Å²) in [5, 5.41) is 6.79. The fourth-order valence-electron chi connectivity index (χ4n) is 7.87. The van der Waals surface area contributed by atoms with Crippen molar-refractivity contribution < 1.29 is 4.42 Å². The molecule has 10 aromatic rings. The molecule has 0 radical (unpaired) electrons. The number of furan rings is 1. The largest absolute Gasteiger partial charge is 0.455 e. The van der Waals surface area contributed by atoms with Crippen LogP contribution in [0.3, 0.4) is 0 Å². The number of rotatable bonds is 6. The molecule has 0 amide bonds. The van der Waals surface area contributed by atoms with Crippen LogP contribution >= 0.6 is 0 Å². The molecule has 2 nitrogen and oxygen atoms in total. The zero-order valence-corrected chi connectivity index (χ0v) is 28.4. The maximum absolute atomic E-state index is 6.83. The Labute approximate surface area is 302 Å². The smallest absolute Gasteiger partial charge is 0.143 e. The van der Waals surface area contributed by atoms with Crippen LogP contribution in [0.15, 0.2) is 205 Å². The molecule has 2 heteroatoms. The van der Waals surface area contributed by atoms with Crippen LogP contribution in [-0.4, -0.2) is 0 Å². The van der Waals surface area contributed by atoms with Gasteiger partial charge in [-0.2, -0.15) is 0 Å². The molecule has 244 valence electrons. The number of benzene rings is 9. The second-order valence-electron chi connectivity index (χ2n) is 13.3. The molecule has 0 saturated heterocycles. The Morgan fingerprint density at radius 1 is 0.327 bits per heavy atom. The summed E-state index contributed by atoms with van der Waals surface area (Å²) in [7, 11) is 0. The van der Waals surface area contributed by atoms with Gasteiger partial charge in [0.1, 0.15) is 11.2 Å². The highest BCUT2D eigenvalue weighted by atomic mass is 16.3. The van der Waals surface area contributed by atoms with E-state index >= 15 is 0 Å². The van der Waals surface area contributed by atoms with Gasteiger partial charge in [-0.1, -0.05) is 170 Å². The van der Waals surface area contributed by atoms with Crippen LogP contribution in [0.1, 0.15) is 0 Å². The fourth-order valence-corrected chi connectivity index (χ4v) is 7.87. The molecule has 0 spiro atoms. The van der Waals surface area contributed by atoms with Gasteiger partial charge in [0.25, 0.3) is 0 Å². The number of hydrogen-bond donors (Lipinski definition) is 0. The highest BCUT2D eigenvalue weighted by molar-refractivity contribution is 6.23. The summed E-state index contributed by atoms with van der Waals surface area (Å²) in [6.07, 6.45) is 0. The number of anilines is 3. The molecule has 10 rings (SSSR count). The van der Waals surface area contributed by atoms with Crippen LogP contribution in [0.4, 0.5) is 17.1 Å². The van der Waals surface area contributed by atoms with Crippen LogP contribution in [0, 0.1) is 0 Å². The van der Waals surface area contributed by atoms with E-state index in [2.05, 4.69) is 205 Å². The van der Waals surface area contributed by atoms with Gasteiger partial charge in [0.15, 0.2) is 0 Å². The average molecular weight is 664 g/mol. The molecule has 0 atom stereocenters. The lowest BCUT2D eigenvalue weighted by Crippen LogP contribution is -2.12. The van der Waals surface area contributed by atoms with Crippen LogP contribution in [0.25, 0.3) is 76.9 Å². The van der Waals surface area contributed by atoms with Crippen molar-refractivity contribution in [3.05, 3.63) is 200 Å². The summed E-state index contributed by atoms with van der Waals surface area (Å²) in [5.41, 5.74) is 12.1. The predicted octanol–water partition coefficient (Wildman–Crippen LogP) is 14.4. The van der Waals surface area contributed by atoms with Gasteiger partial charge in [-0.25, -0.2) is 0 Å². The minimum atomic E-state index is 0.876. The maximum atomic E-state index is 6.83. The Morgan fingerprint density at radius 2 is 0.904 bits per heavy atom. The quantitative estimate of drug-likeness (QED) is 0.176. The Bertz CT molecular complexity index is 2900. The molecule has 0 fully saturated rings. The van der Waals surface area contributed by atoms with E-state index in [1.807, 2.05) is 0 Å². The first kappa shape index (κ1) is 30.0. The molecule has 9 aromatic carbocycles. The first-order valence-electron chi connectivity index (χ1n) is 17.8. The molecule has 0 aliphatic carbocycles. The second-order valence-corrected chi connectivity index (χ2v) is 13.3. The van der Waals surface area contributed by atoms with Crippen LogP contribution in [-0.2, 0) is 0 Å². The van der Waals surface area contributed by atoms with E-state index in [-0.39, 0.29) is 0 Å². The van der Waals surface area contributed by atoms with Gasteiger partial charge in [-0.15, -0.1) is 0 Å². The van der Waals surface area contributed by atoms with Crippen molar-refractivity contribution in [1.82, 2.24) is 0 Å². The summed E-state index contributed by atoms with van der Waals surface area (Å²) in [5.74, 6) is 0. The SMILES string of the molecule is c1ccc(-c2cccc(-c3cccc4oc5c6ccccc6c(N(c6ccccc6-c6ccccc6)c6cccc7ccccc67)cc5c34)c2)cc1. The maximum Gasteiger partial charge on any atom is 0.143 e. The minimum Gasteiger partial charge on any atom is -0.455 e. The van der Waals surface area contributed by atoms with Gasteiger partial charge in [0.2, 0.25) is 0 Å². The Kier molecular flexibility index (Phi) is 7.18. The lowest BCUT2D eigenvalue weighted by molar-refractivity contribution is 0.673. The highest BCUT2D eigenvalue weighted by Crippen LogP contribution is 2.49. The first-order valence-corrected chi connectivity index (χ1v) is 17.8. The average Bonchev–Trinajstić information content (AvgIpc) is 3.61. The van der Waals surface area contributed by atoms with Crippen molar-refractivity contribution >= 4 is 60.5 Å². The second kappa shape index (κ2) is 12.5. The van der Waals surface area contributed by atoms with Crippen molar-refractivity contribution in [2.24, 2.45) is 0 Å². The number of nitrogens with zero attached hydrogens (tertiary/aromatic N) is 1. The molecule has 52 heavy (non-hydrogen) atoms. The molecule has 0 aliphatic heterocycles. The summed E-state index contributed by atoms with van der Waals surface area (Å²) < 4.78 is 6.83. The van der Waals surface area contributed by atoms with Gasteiger partial charge in [-0.3, -0.25) is 0 Å². The zero-order valence-electron chi connectivity index (χ0n) is 28.4. The molecule has 0 saturated carbocycles. The molecule has 0 N–H and O–H groups in total. The summed E-state index contributed by atoms with van der Waals surface area (Å²) in [6.45, 7) is 0. The van der Waals surface area contributed by atoms with Crippen molar-refractivity contribution in [2.75, 3.05) is 4.90 Å². The zero-order chi connectivity index (χ0) is 34.4. The Morgan fingerprint density at radius 3 is 1.75 bits per heavy atom. The number of hydrogen-bond acceptors (Lipinski definition) is 2.